The summed E-state index contributed by atoms with van der Waals surface area (Å²) in [6.07, 6.45) is 2.89. The van der Waals surface area contributed by atoms with Gasteiger partial charge in [0.1, 0.15) is 10.7 Å². The minimum atomic E-state index is -3.84. The SMILES string of the molecule is CC1CCCC(NS(=O)(=O)c2ccc(N)cc2F)C1C. The Morgan fingerprint density at radius 1 is 1.30 bits per heavy atom. The van der Waals surface area contributed by atoms with E-state index >= 15 is 0 Å². The molecule has 0 aliphatic heterocycles. The van der Waals surface area contributed by atoms with Crippen LogP contribution in [-0.4, -0.2) is 14.5 Å². The van der Waals surface area contributed by atoms with Gasteiger partial charge >= 0.3 is 0 Å². The van der Waals surface area contributed by atoms with Crippen LogP contribution >= 0.6 is 0 Å². The number of hydrogen-bond donors (Lipinski definition) is 2. The Bertz CT molecular complexity index is 589. The lowest BCUT2D eigenvalue weighted by Gasteiger charge is -2.34. The number of nitrogens with one attached hydrogen (secondary N) is 1. The number of rotatable bonds is 3. The van der Waals surface area contributed by atoms with Crippen molar-refractivity contribution in [3.63, 3.8) is 0 Å². The summed E-state index contributed by atoms with van der Waals surface area (Å²) >= 11 is 0. The quantitative estimate of drug-likeness (QED) is 0.843. The van der Waals surface area contributed by atoms with Crippen molar-refractivity contribution in [2.45, 2.75) is 44.0 Å². The van der Waals surface area contributed by atoms with Crippen molar-refractivity contribution in [2.75, 3.05) is 5.73 Å². The molecule has 1 aromatic rings. The van der Waals surface area contributed by atoms with E-state index in [1.54, 1.807) is 0 Å². The first-order valence-electron chi connectivity index (χ1n) is 6.88. The second-order valence-corrected chi connectivity index (χ2v) is 7.37. The largest absolute Gasteiger partial charge is 0.399 e. The lowest BCUT2D eigenvalue weighted by atomic mass is 9.78. The van der Waals surface area contributed by atoms with E-state index < -0.39 is 15.8 Å². The van der Waals surface area contributed by atoms with E-state index in [1.807, 2.05) is 6.92 Å². The summed E-state index contributed by atoms with van der Waals surface area (Å²) in [4.78, 5) is -0.336. The number of nitrogen functional groups attached to an aromatic ring is 1. The zero-order chi connectivity index (χ0) is 14.9. The average molecular weight is 300 g/mol. The van der Waals surface area contributed by atoms with Crippen molar-refractivity contribution < 1.29 is 12.8 Å². The molecule has 20 heavy (non-hydrogen) atoms. The third kappa shape index (κ3) is 3.12. The minimum Gasteiger partial charge on any atom is -0.399 e. The van der Waals surface area contributed by atoms with Crippen LogP contribution in [0.1, 0.15) is 33.1 Å². The van der Waals surface area contributed by atoms with E-state index in [2.05, 4.69) is 11.6 Å². The average Bonchev–Trinajstić information content (AvgIpc) is 2.34. The van der Waals surface area contributed by atoms with Crippen molar-refractivity contribution in [2.24, 2.45) is 11.8 Å². The van der Waals surface area contributed by atoms with E-state index in [0.29, 0.717) is 5.92 Å². The van der Waals surface area contributed by atoms with Gasteiger partial charge in [0.25, 0.3) is 0 Å². The van der Waals surface area contributed by atoms with Gasteiger partial charge in [0.15, 0.2) is 0 Å². The van der Waals surface area contributed by atoms with Crippen LogP contribution in [-0.2, 0) is 10.0 Å². The van der Waals surface area contributed by atoms with Crippen LogP contribution in [0.15, 0.2) is 23.1 Å². The van der Waals surface area contributed by atoms with Gasteiger partial charge in [0.05, 0.1) is 0 Å². The Labute approximate surface area is 119 Å². The molecule has 1 aliphatic carbocycles. The maximum atomic E-state index is 13.8. The van der Waals surface area contributed by atoms with Crippen molar-refractivity contribution in [1.82, 2.24) is 4.72 Å². The molecule has 0 radical (unpaired) electrons. The summed E-state index contributed by atoms with van der Waals surface area (Å²) in [5.74, 6) is -0.0999. The van der Waals surface area contributed by atoms with Crippen LogP contribution in [0.25, 0.3) is 0 Å². The summed E-state index contributed by atoms with van der Waals surface area (Å²) < 4.78 is 41.0. The maximum absolute atomic E-state index is 13.8. The maximum Gasteiger partial charge on any atom is 0.243 e. The molecule has 1 saturated carbocycles. The molecular weight excluding hydrogens is 279 g/mol. The molecule has 2 rings (SSSR count). The smallest absolute Gasteiger partial charge is 0.243 e. The fraction of sp³-hybridized carbons (Fsp3) is 0.571. The molecule has 112 valence electrons. The summed E-state index contributed by atoms with van der Waals surface area (Å²) in [5, 5.41) is 0. The summed E-state index contributed by atoms with van der Waals surface area (Å²) in [7, 11) is -3.84. The Hall–Kier alpha value is -1.14. The van der Waals surface area contributed by atoms with E-state index in [1.165, 1.54) is 12.1 Å². The first kappa shape index (κ1) is 15.3. The highest BCUT2D eigenvalue weighted by Crippen LogP contribution is 2.30. The molecule has 6 heteroatoms. The Balaban J connectivity index is 2.22. The van der Waals surface area contributed by atoms with Crippen molar-refractivity contribution >= 4 is 15.7 Å². The Kier molecular flexibility index (Phi) is 4.34. The zero-order valence-corrected chi connectivity index (χ0v) is 12.6. The van der Waals surface area contributed by atoms with E-state index in [-0.39, 0.29) is 22.5 Å². The lowest BCUT2D eigenvalue weighted by molar-refractivity contribution is 0.227. The molecule has 0 heterocycles. The second kappa shape index (κ2) is 5.69. The molecule has 1 aromatic carbocycles. The minimum absolute atomic E-state index is 0.138. The summed E-state index contributed by atoms with van der Waals surface area (Å²) in [6.45, 7) is 4.16. The third-order valence-electron chi connectivity index (χ3n) is 4.26. The highest BCUT2D eigenvalue weighted by atomic mass is 32.2. The molecule has 0 amide bonds. The van der Waals surface area contributed by atoms with Crippen LogP contribution in [0.5, 0.6) is 0 Å². The van der Waals surface area contributed by atoms with Crippen LogP contribution in [0.2, 0.25) is 0 Å². The van der Waals surface area contributed by atoms with E-state index in [9.17, 15) is 12.8 Å². The van der Waals surface area contributed by atoms with Gasteiger partial charge in [0, 0.05) is 11.7 Å². The number of hydrogen-bond acceptors (Lipinski definition) is 3. The number of benzene rings is 1. The molecule has 3 unspecified atom stereocenters. The standard InChI is InChI=1S/C14H21FN2O2S/c1-9-4-3-5-13(10(9)2)17-20(18,19)14-7-6-11(16)8-12(14)15/h6-10,13,17H,3-5,16H2,1-2H3. The fourth-order valence-electron chi connectivity index (χ4n) is 2.75. The summed E-state index contributed by atoms with van der Waals surface area (Å²) in [5.41, 5.74) is 5.65. The first-order chi connectivity index (χ1) is 9.31. The molecular formula is C14H21FN2O2S. The Morgan fingerprint density at radius 3 is 2.65 bits per heavy atom. The van der Waals surface area contributed by atoms with Gasteiger partial charge in [-0.15, -0.1) is 0 Å². The summed E-state index contributed by atoms with van der Waals surface area (Å²) in [6, 6.07) is 3.50. The molecule has 0 spiro atoms. The predicted octanol–water partition coefficient (Wildman–Crippen LogP) is 2.51. The number of anilines is 1. The van der Waals surface area contributed by atoms with Gasteiger partial charge in [-0.1, -0.05) is 26.7 Å². The molecule has 0 aromatic heterocycles. The van der Waals surface area contributed by atoms with Crippen molar-refractivity contribution in [3.05, 3.63) is 24.0 Å². The van der Waals surface area contributed by atoms with Gasteiger partial charge in [0.2, 0.25) is 10.0 Å². The first-order valence-corrected chi connectivity index (χ1v) is 8.37. The number of halogens is 1. The predicted molar refractivity (Wildman–Crippen MR) is 77.1 cm³/mol. The Morgan fingerprint density at radius 2 is 2.00 bits per heavy atom. The topological polar surface area (TPSA) is 72.2 Å². The molecule has 1 fully saturated rings. The molecule has 3 N–H and O–H groups in total. The van der Waals surface area contributed by atoms with Crippen LogP contribution < -0.4 is 10.5 Å². The van der Waals surface area contributed by atoms with Crippen molar-refractivity contribution in [1.29, 1.82) is 0 Å². The van der Waals surface area contributed by atoms with Gasteiger partial charge in [-0.2, -0.15) is 0 Å². The molecule has 3 atom stereocenters. The molecule has 0 saturated heterocycles. The molecule has 4 nitrogen and oxygen atoms in total. The van der Waals surface area contributed by atoms with Gasteiger partial charge in [-0.3, -0.25) is 0 Å². The highest BCUT2D eigenvalue weighted by molar-refractivity contribution is 7.89. The second-order valence-electron chi connectivity index (χ2n) is 5.68. The lowest BCUT2D eigenvalue weighted by Crippen LogP contribution is -2.43. The molecule has 1 aliphatic rings. The van der Waals surface area contributed by atoms with Gasteiger partial charge < -0.3 is 5.73 Å². The van der Waals surface area contributed by atoms with Gasteiger partial charge in [-0.05, 0) is 36.5 Å². The fourth-order valence-corrected chi connectivity index (χ4v) is 4.17. The van der Waals surface area contributed by atoms with E-state index in [0.717, 1.165) is 25.3 Å². The van der Waals surface area contributed by atoms with Crippen LogP contribution in [0.4, 0.5) is 10.1 Å². The number of nitrogens with two attached hydrogens (primary N) is 1. The van der Waals surface area contributed by atoms with Crippen molar-refractivity contribution in [3.8, 4) is 0 Å². The highest BCUT2D eigenvalue weighted by Gasteiger charge is 2.31. The van der Waals surface area contributed by atoms with Gasteiger partial charge in [-0.25, -0.2) is 17.5 Å². The third-order valence-corrected chi connectivity index (χ3v) is 5.78. The van der Waals surface area contributed by atoms with Crippen LogP contribution in [0, 0.1) is 17.7 Å². The zero-order valence-electron chi connectivity index (χ0n) is 11.8. The van der Waals surface area contributed by atoms with E-state index in [4.69, 9.17) is 5.73 Å². The monoisotopic (exact) mass is 300 g/mol. The normalized spacial score (nSPS) is 27.4. The number of sulfonamides is 1. The molecule has 0 bridgehead atoms. The van der Waals surface area contributed by atoms with Crippen LogP contribution in [0.3, 0.4) is 0 Å².